The molecule has 4 unspecified atom stereocenters. The molecule has 25 heteroatoms. The fraction of sp³-hybridized carbons (Fsp3) is 0.642. The number of amides is 2. The quantitative estimate of drug-likeness (QED) is 0.152. The Kier molecular flexibility index (Phi) is 11.7. The number of aryl methyl sites for hydroxylation is 1. The molecule has 7 fully saturated rings. The van der Waals surface area contributed by atoms with Gasteiger partial charge in [0.25, 0.3) is 0 Å². The van der Waals surface area contributed by atoms with Crippen LogP contribution >= 0.6 is 0 Å². The number of nitrogens with zero attached hydrogens (tertiary/aromatic N) is 10. The summed E-state index contributed by atoms with van der Waals surface area (Å²) in [6, 6.07) is 4.27. The van der Waals surface area contributed by atoms with Gasteiger partial charge < -0.3 is 25.7 Å². The van der Waals surface area contributed by atoms with Gasteiger partial charge in [-0.3, -0.25) is 24.1 Å². The summed E-state index contributed by atoms with van der Waals surface area (Å²) >= 11 is 0. The number of aliphatic hydroxyl groups is 2. The lowest BCUT2D eigenvalue weighted by Gasteiger charge is -2.51. The van der Waals surface area contributed by atoms with Gasteiger partial charge in [-0.05, 0) is 153 Å². The number of fused-ring (bicyclic) bond motifs is 4. The summed E-state index contributed by atoms with van der Waals surface area (Å²) < 4.78 is 104. The number of likely N-dealkylation sites (tertiary alicyclic amines) is 1. The minimum absolute atomic E-state index is 0.0195. The zero-order valence-corrected chi connectivity index (χ0v) is 45.4. The summed E-state index contributed by atoms with van der Waals surface area (Å²) in [5.41, 5.74) is -5.76. The van der Waals surface area contributed by atoms with Crippen molar-refractivity contribution in [2.75, 3.05) is 53.7 Å². The molecule has 78 heavy (non-hydrogen) atoms. The Morgan fingerprint density at radius 3 is 2.03 bits per heavy atom. The van der Waals surface area contributed by atoms with Crippen molar-refractivity contribution in [3.05, 3.63) is 60.2 Å². The van der Waals surface area contributed by atoms with Gasteiger partial charge in [-0.1, -0.05) is 0 Å². The van der Waals surface area contributed by atoms with Gasteiger partial charge in [0.2, 0.25) is 33.7 Å². The molecule has 13 rings (SSSR count). The van der Waals surface area contributed by atoms with Crippen molar-refractivity contribution in [2.45, 2.75) is 165 Å². The van der Waals surface area contributed by atoms with Crippen LogP contribution < -0.4 is 20.4 Å². The summed E-state index contributed by atoms with van der Waals surface area (Å²) in [4.78, 5) is 53.7. The average Bonchev–Trinajstić information content (AvgIpc) is 2.58. The van der Waals surface area contributed by atoms with E-state index in [1.807, 2.05) is 0 Å². The predicted octanol–water partition coefficient (Wildman–Crippen LogP) is 5.11. The van der Waals surface area contributed by atoms with Crippen LogP contribution in [-0.2, 0) is 47.3 Å². The zero-order valence-electron chi connectivity index (χ0n) is 43.8. The van der Waals surface area contributed by atoms with E-state index in [1.54, 1.807) is 44.4 Å². The van der Waals surface area contributed by atoms with Gasteiger partial charge in [0.05, 0.1) is 38.8 Å². The molecule has 9 aliphatic rings. The molecule has 2 amide bonds. The van der Waals surface area contributed by atoms with Gasteiger partial charge in [0, 0.05) is 80.0 Å². The Bertz CT molecular complexity index is 3340. The topological polar surface area (TPSA) is 249 Å². The minimum atomic E-state index is -5.17. The van der Waals surface area contributed by atoms with Crippen LogP contribution in [0, 0.1) is 17.3 Å². The van der Waals surface area contributed by atoms with Crippen LogP contribution in [0.5, 0.6) is 0 Å². The molecular formula is C53H65F3N12O8S2. The number of sulfonamides is 1. The standard InChI is InChI=1S/C53H65F3N12O8S2/c1-48(71)14-4-5-41(48)68-43-40(29-58-47(63-43)60-31-6-9-34(10-7-31)77(73,74)35-24-49(25-35)17-21-64(2)22-18-49)51(45(68)70)26-38(51)37-11-8-33(23-52(37,72)53(54,55)56)67-42-39(50(15-16-50)44(67)69)28-57-46(62-42)61-32-12-19-66(20-13-32)78(75,76)36-27-59-65(3)30-36/h6-7,9-10,27-30,32-33,35,37-38,41,71-72H,4-5,8,11-26H2,1-3H3,(H,57,61,62)(H,58,60,63)/t33?,37?,38?,41-,48-,51?,52+/m1/s1. The van der Waals surface area contributed by atoms with E-state index in [0.717, 1.165) is 25.9 Å². The van der Waals surface area contributed by atoms with Crippen molar-refractivity contribution in [3.63, 3.8) is 0 Å². The maximum atomic E-state index is 15.9. The molecule has 418 valence electrons. The van der Waals surface area contributed by atoms with Crippen molar-refractivity contribution < 1.29 is 49.8 Å². The van der Waals surface area contributed by atoms with Gasteiger partial charge >= 0.3 is 6.18 Å². The number of piperidine rings is 2. The van der Waals surface area contributed by atoms with Gasteiger partial charge in [-0.15, -0.1) is 0 Å². The van der Waals surface area contributed by atoms with Crippen molar-refractivity contribution in [2.24, 2.45) is 24.3 Å². The fourth-order valence-electron chi connectivity index (χ4n) is 15.0. The molecule has 0 radical (unpaired) electrons. The molecule has 5 saturated carbocycles. The van der Waals surface area contributed by atoms with Crippen LogP contribution in [0.25, 0.3) is 0 Å². The lowest BCUT2D eigenvalue weighted by Crippen LogP contribution is -2.60. The SMILES string of the molecule is CN1CCC2(CC1)CC(S(=O)(=O)c1ccc(Nc3ncc4c(n3)N([C@@H]3CCC[C@@]3(C)O)C(=O)C43CC3C3CCC(N4C(=O)C5(CC5)c5cnc(NC6CCN(S(=O)(=O)c7cnn(C)c7)CC6)nc54)C[C@@]3(O)C(F)(F)F)cc1)C2. The fourth-order valence-corrected chi connectivity index (χ4v) is 18.5. The minimum Gasteiger partial charge on any atom is -0.388 e. The van der Waals surface area contributed by atoms with E-state index < -0.39 is 89.6 Å². The molecule has 7 heterocycles. The number of halogens is 3. The Balaban J connectivity index is 0.739. The van der Waals surface area contributed by atoms with Crippen LogP contribution in [0.15, 0.2) is 58.8 Å². The van der Waals surface area contributed by atoms with Gasteiger partial charge in [-0.2, -0.15) is 32.5 Å². The Morgan fingerprint density at radius 2 is 1.38 bits per heavy atom. The molecule has 5 aliphatic carbocycles. The van der Waals surface area contributed by atoms with Crippen molar-refractivity contribution >= 4 is 60.9 Å². The van der Waals surface area contributed by atoms with E-state index in [9.17, 15) is 31.8 Å². The molecular weight excluding hydrogens is 1050 g/mol. The number of anilines is 5. The third-order valence-electron chi connectivity index (χ3n) is 19.8. The number of sulfone groups is 1. The van der Waals surface area contributed by atoms with Crippen LogP contribution in [0.4, 0.5) is 42.4 Å². The smallest absolute Gasteiger partial charge is 0.388 e. The highest BCUT2D eigenvalue weighted by Gasteiger charge is 2.76. The van der Waals surface area contributed by atoms with Crippen LogP contribution in [0.2, 0.25) is 0 Å². The number of benzene rings is 1. The molecule has 7 atom stereocenters. The Labute approximate surface area is 450 Å². The Hall–Kier alpha value is -5.34. The molecule has 1 aromatic carbocycles. The first kappa shape index (κ1) is 52.1. The first-order valence-electron chi connectivity index (χ1n) is 27.4. The lowest BCUT2D eigenvalue weighted by atomic mass is 9.63. The molecule has 4 N–H and O–H groups in total. The largest absolute Gasteiger partial charge is 0.417 e. The molecule has 4 aliphatic heterocycles. The molecule has 3 spiro atoms. The highest BCUT2D eigenvalue weighted by molar-refractivity contribution is 7.92. The normalized spacial score (nSPS) is 32.0. The van der Waals surface area contributed by atoms with E-state index in [0.29, 0.717) is 74.6 Å². The second-order valence-corrected chi connectivity index (χ2v) is 28.7. The van der Waals surface area contributed by atoms with E-state index in [1.165, 1.54) is 37.4 Å². The summed E-state index contributed by atoms with van der Waals surface area (Å²) in [7, 11) is -3.61. The summed E-state index contributed by atoms with van der Waals surface area (Å²) in [6.07, 6.45) is 6.05. The number of aromatic nitrogens is 6. The monoisotopic (exact) mass is 1120 g/mol. The van der Waals surface area contributed by atoms with Crippen molar-refractivity contribution in [1.82, 2.24) is 38.9 Å². The maximum Gasteiger partial charge on any atom is 0.417 e. The number of alkyl halides is 3. The molecule has 0 bridgehead atoms. The molecule has 4 aromatic rings. The summed E-state index contributed by atoms with van der Waals surface area (Å²) in [5.74, 6) is -2.76. The van der Waals surface area contributed by atoms with Gasteiger partial charge in [-0.25, -0.2) is 26.8 Å². The van der Waals surface area contributed by atoms with Crippen molar-refractivity contribution in [3.8, 4) is 0 Å². The first-order valence-corrected chi connectivity index (χ1v) is 30.4. The second kappa shape index (κ2) is 17.6. The highest BCUT2D eigenvalue weighted by atomic mass is 32.2. The highest BCUT2D eigenvalue weighted by Crippen LogP contribution is 2.69. The number of rotatable bonds is 11. The second-order valence-electron chi connectivity index (χ2n) is 24.5. The van der Waals surface area contributed by atoms with E-state index in [4.69, 9.17) is 9.97 Å². The Morgan fingerprint density at radius 1 is 0.718 bits per heavy atom. The lowest BCUT2D eigenvalue weighted by molar-refractivity contribution is -0.293. The maximum absolute atomic E-state index is 15.9. The predicted molar refractivity (Wildman–Crippen MR) is 278 cm³/mol. The van der Waals surface area contributed by atoms with E-state index in [-0.39, 0.29) is 83.0 Å². The van der Waals surface area contributed by atoms with Crippen LogP contribution in [-0.4, -0.2) is 152 Å². The van der Waals surface area contributed by atoms with Gasteiger partial charge in [0.15, 0.2) is 15.4 Å². The molecule has 2 saturated heterocycles. The number of carbonyl (C=O) groups excluding carboxylic acids is 2. The molecule has 3 aromatic heterocycles. The summed E-state index contributed by atoms with van der Waals surface area (Å²) in [5, 5.41) is 34.0. The molecule has 20 nitrogen and oxygen atoms in total. The van der Waals surface area contributed by atoms with E-state index in [2.05, 4.69) is 37.6 Å². The number of carbonyl (C=O) groups is 2. The first-order chi connectivity index (χ1) is 36.9. The number of hydrogen-bond donors (Lipinski definition) is 4. The van der Waals surface area contributed by atoms with Crippen molar-refractivity contribution in [1.29, 1.82) is 0 Å². The third kappa shape index (κ3) is 7.95. The number of hydrogen-bond acceptors (Lipinski definition) is 16. The zero-order chi connectivity index (χ0) is 54.7. The summed E-state index contributed by atoms with van der Waals surface area (Å²) in [6.45, 7) is 3.98. The average molecular weight is 1120 g/mol. The van der Waals surface area contributed by atoms with E-state index >= 15 is 18.0 Å². The third-order valence-corrected chi connectivity index (χ3v) is 23.8. The van der Waals surface area contributed by atoms with Gasteiger partial charge in [0.1, 0.15) is 16.5 Å². The number of nitrogens with one attached hydrogen (secondary N) is 2. The van der Waals surface area contributed by atoms with Crippen LogP contribution in [0.1, 0.15) is 114 Å². The van der Waals surface area contributed by atoms with Crippen LogP contribution in [0.3, 0.4) is 0 Å².